The Morgan fingerprint density at radius 3 is 2.36 bits per heavy atom. The van der Waals surface area contributed by atoms with Crippen LogP contribution in [0.1, 0.15) is 6.42 Å². The summed E-state index contributed by atoms with van der Waals surface area (Å²) in [5.74, 6) is 0. The van der Waals surface area contributed by atoms with Gasteiger partial charge in [-0.3, -0.25) is 5.01 Å². The van der Waals surface area contributed by atoms with Crippen molar-refractivity contribution in [2.24, 2.45) is 5.10 Å². The molecule has 0 radical (unpaired) electrons. The quantitative estimate of drug-likeness (QED) is 0.563. The maximum absolute atomic E-state index is 12.0. The van der Waals surface area contributed by atoms with Crippen molar-refractivity contribution in [1.29, 1.82) is 0 Å². The lowest BCUT2D eigenvalue weighted by atomic mass is 10.2. The number of hydrogen-bond acceptors (Lipinski definition) is 2. The summed E-state index contributed by atoms with van der Waals surface area (Å²) in [4.78, 5) is 0. The van der Waals surface area contributed by atoms with Gasteiger partial charge in [-0.05, 0) is 0 Å². The summed E-state index contributed by atoms with van der Waals surface area (Å²) in [6.07, 6.45) is -4.48. The normalized spacial score (nSPS) is 25.7. The summed E-state index contributed by atoms with van der Waals surface area (Å²) in [5.41, 5.74) is 0. The lowest BCUT2D eigenvalue weighted by Gasteiger charge is -2.20. The van der Waals surface area contributed by atoms with E-state index in [9.17, 15) is 13.2 Å². The Hall–Kier alpha value is -0.450. The first-order chi connectivity index (χ1) is 4.91. The van der Waals surface area contributed by atoms with Crippen LogP contribution in [0.2, 0.25) is 0 Å². The Kier molecular flexibility index (Phi) is 2.00. The molecule has 0 fully saturated rings. The van der Waals surface area contributed by atoms with E-state index in [0.717, 1.165) is 5.01 Å². The highest BCUT2D eigenvalue weighted by atomic mass is 35.5. The van der Waals surface area contributed by atoms with Crippen molar-refractivity contribution in [3.05, 3.63) is 0 Å². The number of nitrogens with zero attached hydrogens (tertiary/aromatic N) is 2. The summed E-state index contributed by atoms with van der Waals surface area (Å²) >= 11 is 5.32. The Morgan fingerprint density at radius 1 is 1.64 bits per heavy atom. The van der Waals surface area contributed by atoms with Gasteiger partial charge in [0.1, 0.15) is 11.2 Å². The largest absolute Gasteiger partial charge is 0.410 e. The molecule has 0 bridgehead atoms. The lowest BCUT2D eigenvalue weighted by Crippen LogP contribution is -2.37. The molecule has 1 unspecified atom stereocenters. The van der Waals surface area contributed by atoms with E-state index in [1.807, 2.05) is 0 Å². The molecular formula is C5H6ClF3N2. The van der Waals surface area contributed by atoms with Crippen LogP contribution in [0, 0.1) is 0 Å². The van der Waals surface area contributed by atoms with Crippen LogP contribution in [-0.2, 0) is 0 Å². The van der Waals surface area contributed by atoms with Gasteiger partial charge in [-0.2, -0.15) is 18.3 Å². The number of rotatable bonds is 0. The molecule has 1 heterocycles. The maximum atomic E-state index is 12.0. The van der Waals surface area contributed by atoms with Crippen LogP contribution in [0.15, 0.2) is 5.10 Å². The van der Waals surface area contributed by atoms with Gasteiger partial charge in [0.25, 0.3) is 0 Å². The van der Waals surface area contributed by atoms with Gasteiger partial charge in [0, 0.05) is 13.5 Å². The molecule has 0 amide bonds. The van der Waals surface area contributed by atoms with Crippen molar-refractivity contribution in [2.45, 2.75) is 18.6 Å². The van der Waals surface area contributed by atoms with Crippen molar-refractivity contribution >= 4 is 16.8 Å². The molecule has 0 aromatic rings. The molecule has 64 valence electrons. The van der Waals surface area contributed by atoms with Crippen LogP contribution in [0.5, 0.6) is 0 Å². The Balaban J connectivity index is 2.67. The molecular weight excluding hydrogens is 181 g/mol. The van der Waals surface area contributed by atoms with E-state index in [4.69, 9.17) is 11.6 Å². The van der Waals surface area contributed by atoms with Gasteiger partial charge >= 0.3 is 6.18 Å². The fourth-order valence-electron chi connectivity index (χ4n) is 0.901. The topological polar surface area (TPSA) is 15.6 Å². The van der Waals surface area contributed by atoms with E-state index in [-0.39, 0.29) is 11.6 Å². The molecule has 11 heavy (non-hydrogen) atoms. The van der Waals surface area contributed by atoms with Crippen LogP contribution in [0.25, 0.3) is 0 Å². The maximum Gasteiger partial charge on any atom is 0.410 e. The number of hydrazone groups is 1. The van der Waals surface area contributed by atoms with Gasteiger partial charge < -0.3 is 0 Å². The van der Waals surface area contributed by atoms with Crippen molar-refractivity contribution in [3.8, 4) is 0 Å². The van der Waals surface area contributed by atoms with E-state index < -0.39 is 12.2 Å². The monoisotopic (exact) mass is 186 g/mol. The third kappa shape index (κ3) is 1.77. The van der Waals surface area contributed by atoms with Gasteiger partial charge in [0.2, 0.25) is 0 Å². The van der Waals surface area contributed by atoms with Crippen molar-refractivity contribution in [1.82, 2.24) is 5.01 Å². The summed E-state index contributed by atoms with van der Waals surface area (Å²) in [5, 5.41) is 4.28. The number of hydrogen-bond donors (Lipinski definition) is 0. The SMILES string of the molecule is CN1N=C(Cl)CC1C(F)(F)F. The molecule has 0 spiro atoms. The summed E-state index contributed by atoms with van der Waals surface area (Å²) in [7, 11) is 1.26. The highest BCUT2D eigenvalue weighted by molar-refractivity contribution is 6.65. The van der Waals surface area contributed by atoms with E-state index in [1.165, 1.54) is 7.05 Å². The van der Waals surface area contributed by atoms with Gasteiger partial charge in [0.15, 0.2) is 0 Å². The van der Waals surface area contributed by atoms with Crippen LogP contribution >= 0.6 is 11.6 Å². The fraction of sp³-hybridized carbons (Fsp3) is 0.800. The Morgan fingerprint density at radius 2 is 2.18 bits per heavy atom. The van der Waals surface area contributed by atoms with E-state index in [1.54, 1.807) is 0 Å². The molecule has 1 aliphatic rings. The van der Waals surface area contributed by atoms with Crippen molar-refractivity contribution in [2.75, 3.05) is 7.05 Å². The lowest BCUT2D eigenvalue weighted by molar-refractivity contribution is -0.174. The molecule has 0 aromatic heterocycles. The Labute approximate surface area is 66.6 Å². The smallest absolute Gasteiger partial charge is 0.286 e. The van der Waals surface area contributed by atoms with Gasteiger partial charge in [0.05, 0.1) is 0 Å². The molecule has 0 aromatic carbocycles. The molecule has 1 aliphatic heterocycles. The summed E-state index contributed by atoms with van der Waals surface area (Å²) in [6, 6.07) is -1.55. The first-order valence-electron chi connectivity index (χ1n) is 2.94. The molecule has 0 N–H and O–H groups in total. The van der Waals surface area contributed by atoms with Gasteiger partial charge in [-0.15, -0.1) is 0 Å². The van der Waals surface area contributed by atoms with Crippen LogP contribution in [0.4, 0.5) is 13.2 Å². The Bertz CT molecular complexity index is 189. The van der Waals surface area contributed by atoms with Crippen molar-refractivity contribution in [3.63, 3.8) is 0 Å². The molecule has 2 nitrogen and oxygen atoms in total. The molecule has 0 saturated heterocycles. The van der Waals surface area contributed by atoms with Gasteiger partial charge in [-0.1, -0.05) is 11.6 Å². The van der Waals surface area contributed by atoms with Crippen LogP contribution < -0.4 is 0 Å². The first kappa shape index (κ1) is 8.64. The molecule has 0 saturated carbocycles. The van der Waals surface area contributed by atoms with E-state index >= 15 is 0 Å². The van der Waals surface area contributed by atoms with E-state index in [0.29, 0.717) is 0 Å². The third-order valence-corrected chi connectivity index (χ3v) is 1.69. The molecule has 1 rings (SSSR count). The first-order valence-corrected chi connectivity index (χ1v) is 3.31. The average molecular weight is 187 g/mol. The zero-order chi connectivity index (χ0) is 8.65. The zero-order valence-electron chi connectivity index (χ0n) is 5.69. The second-order valence-electron chi connectivity index (χ2n) is 2.31. The van der Waals surface area contributed by atoms with Crippen LogP contribution in [0.3, 0.4) is 0 Å². The molecule has 6 heteroatoms. The third-order valence-electron chi connectivity index (χ3n) is 1.46. The van der Waals surface area contributed by atoms with Crippen LogP contribution in [-0.4, -0.2) is 29.4 Å². The highest BCUT2D eigenvalue weighted by Gasteiger charge is 2.45. The standard InChI is InChI=1S/C5H6ClF3N2/c1-11-3(5(7,8)9)2-4(6)10-11/h3H,2H2,1H3. The average Bonchev–Trinajstić information content (AvgIpc) is 2.08. The molecule has 1 atom stereocenters. The highest BCUT2D eigenvalue weighted by Crippen LogP contribution is 2.30. The number of halogens is 4. The van der Waals surface area contributed by atoms with Gasteiger partial charge in [-0.25, -0.2) is 0 Å². The minimum absolute atomic E-state index is 0.00910. The zero-order valence-corrected chi connectivity index (χ0v) is 6.45. The fourth-order valence-corrected chi connectivity index (χ4v) is 1.17. The second kappa shape index (κ2) is 2.55. The molecule has 0 aliphatic carbocycles. The van der Waals surface area contributed by atoms with Crippen molar-refractivity contribution < 1.29 is 13.2 Å². The summed E-state index contributed by atoms with van der Waals surface area (Å²) < 4.78 is 36.0. The number of alkyl halides is 3. The minimum atomic E-state index is -4.24. The summed E-state index contributed by atoms with van der Waals surface area (Å²) in [6.45, 7) is 0. The predicted molar refractivity (Wildman–Crippen MR) is 35.5 cm³/mol. The second-order valence-corrected chi connectivity index (χ2v) is 2.75. The minimum Gasteiger partial charge on any atom is -0.286 e. The predicted octanol–water partition coefficient (Wildman–Crippen LogP) is 1.81. The van der Waals surface area contributed by atoms with E-state index in [2.05, 4.69) is 5.10 Å².